The van der Waals surface area contributed by atoms with Gasteiger partial charge in [-0.3, -0.25) is 4.40 Å². The van der Waals surface area contributed by atoms with E-state index >= 15 is 0 Å². The molecule has 4 aromatic rings. The van der Waals surface area contributed by atoms with Crippen molar-refractivity contribution in [1.82, 2.24) is 9.38 Å². The van der Waals surface area contributed by atoms with E-state index in [2.05, 4.69) is 15.2 Å². The summed E-state index contributed by atoms with van der Waals surface area (Å²) < 4.78 is 7.20. The second-order valence-corrected chi connectivity index (χ2v) is 5.21. The van der Waals surface area contributed by atoms with Gasteiger partial charge in [0.15, 0.2) is 17.3 Å². The smallest absolute Gasteiger partial charge is 0.337 e. The molecule has 1 aromatic carbocycles. The summed E-state index contributed by atoms with van der Waals surface area (Å²) in [4.78, 5) is 15.8. The summed E-state index contributed by atoms with van der Waals surface area (Å²) in [5.41, 5.74) is 1.58. The van der Waals surface area contributed by atoms with Gasteiger partial charge in [0.05, 0.1) is 11.8 Å². The highest BCUT2D eigenvalue weighted by Crippen LogP contribution is 2.32. The van der Waals surface area contributed by atoms with Gasteiger partial charge in [-0.05, 0) is 36.4 Å². The maximum Gasteiger partial charge on any atom is 0.337 e. The Hall–Kier alpha value is -3.74. The minimum Gasteiger partial charge on any atom is -0.478 e. The molecule has 0 spiro atoms. The highest BCUT2D eigenvalue weighted by Gasteiger charge is 2.16. The summed E-state index contributed by atoms with van der Waals surface area (Å²) in [6, 6.07) is 15.6. The number of aromatic carboxylic acids is 1. The Kier molecular flexibility index (Phi) is 3.59. The fraction of sp³-hybridized carbons (Fsp3) is 0. The van der Waals surface area contributed by atoms with Crippen molar-refractivity contribution in [2.75, 3.05) is 0 Å². The molecule has 3 aromatic heterocycles. The minimum absolute atomic E-state index is 0.0830. The molecule has 7 heteroatoms. The number of carbonyl (C=O) groups is 1. The van der Waals surface area contributed by atoms with Gasteiger partial charge in [0.25, 0.3) is 0 Å². The van der Waals surface area contributed by atoms with Gasteiger partial charge in [0.1, 0.15) is 11.3 Å². The van der Waals surface area contributed by atoms with Crippen molar-refractivity contribution in [1.29, 1.82) is 0 Å². The lowest BCUT2D eigenvalue weighted by Gasteiger charge is -1.99. The first kappa shape index (κ1) is 14.8. The molecule has 0 radical (unpaired) electrons. The maximum atomic E-state index is 11.3. The van der Waals surface area contributed by atoms with Crippen LogP contribution in [0.15, 0.2) is 81.7 Å². The molecule has 0 aliphatic carbocycles. The second kappa shape index (κ2) is 6.04. The van der Waals surface area contributed by atoms with Gasteiger partial charge < -0.3 is 9.52 Å². The van der Waals surface area contributed by atoms with E-state index in [4.69, 9.17) is 4.42 Å². The van der Waals surface area contributed by atoms with Gasteiger partial charge in [0, 0.05) is 6.20 Å². The van der Waals surface area contributed by atoms with Crippen LogP contribution in [-0.4, -0.2) is 20.5 Å². The van der Waals surface area contributed by atoms with Crippen molar-refractivity contribution in [2.24, 2.45) is 10.2 Å². The topological polar surface area (TPSA) is 92.5 Å². The fourth-order valence-corrected chi connectivity index (χ4v) is 2.50. The van der Waals surface area contributed by atoms with Crippen LogP contribution in [0.5, 0.6) is 0 Å². The Balaban J connectivity index is 1.87. The SMILES string of the molecule is O=C(O)c1ccccc1N=Nc1c(-c2ccco2)nc2ccccn12. The molecular weight excluding hydrogens is 320 g/mol. The lowest BCUT2D eigenvalue weighted by molar-refractivity contribution is 0.0697. The third-order valence-electron chi connectivity index (χ3n) is 3.65. The third kappa shape index (κ3) is 2.67. The Morgan fingerprint density at radius 2 is 1.88 bits per heavy atom. The van der Waals surface area contributed by atoms with Crippen LogP contribution in [0.4, 0.5) is 11.5 Å². The minimum atomic E-state index is -1.06. The molecule has 1 N–H and O–H groups in total. The first-order valence-electron chi connectivity index (χ1n) is 7.49. The molecule has 0 unspecified atom stereocenters. The van der Waals surface area contributed by atoms with Crippen molar-refractivity contribution in [3.05, 3.63) is 72.6 Å². The molecule has 4 rings (SSSR count). The number of hydrogen-bond acceptors (Lipinski definition) is 5. The quantitative estimate of drug-likeness (QED) is 0.548. The van der Waals surface area contributed by atoms with Gasteiger partial charge in [-0.15, -0.1) is 10.2 Å². The average molecular weight is 332 g/mol. The molecule has 0 amide bonds. The number of imidazole rings is 1. The highest BCUT2D eigenvalue weighted by atomic mass is 16.4. The first-order valence-corrected chi connectivity index (χ1v) is 7.49. The van der Waals surface area contributed by atoms with E-state index in [9.17, 15) is 9.90 Å². The molecule has 0 saturated heterocycles. The summed E-state index contributed by atoms with van der Waals surface area (Å²) in [5.74, 6) is -0.0335. The van der Waals surface area contributed by atoms with Gasteiger partial charge in [0.2, 0.25) is 0 Å². The maximum absolute atomic E-state index is 11.3. The van der Waals surface area contributed by atoms with Crippen molar-refractivity contribution in [3.8, 4) is 11.5 Å². The molecule has 122 valence electrons. The molecule has 0 saturated carbocycles. The molecule has 0 atom stereocenters. The second-order valence-electron chi connectivity index (χ2n) is 5.21. The predicted molar refractivity (Wildman–Crippen MR) is 90.5 cm³/mol. The largest absolute Gasteiger partial charge is 0.478 e. The molecule has 7 nitrogen and oxygen atoms in total. The number of benzene rings is 1. The number of rotatable bonds is 4. The van der Waals surface area contributed by atoms with Gasteiger partial charge >= 0.3 is 5.97 Å². The zero-order valence-electron chi connectivity index (χ0n) is 12.9. The summed E-state index contributed by atoms with van der Waals surface area (Å²) in [7, 11) is 0. The number of hydrogen-bond donors (Lipinski definition) is 1. The summed E-state index contributed by atoms with van der Waals surface area (Å²) in [5, 5.41) is 17.7. The number of pyridine rings is 1. The van der Waals surface area contributed by atoms with Crippen LogP contribution < -0.4 is 0 Å². The van der Waals surface area contributed by atoms with E-state index in [-0.39, 0.29) is 11.3 Å². The zero-order valence-corrected chi connectivity index (χ0v) is 12.9. The number of carboxylic acid groups (broad SMARTS) is 1. The number of furan rings is 1. The monoisotopic (exact) mass is 332 g/mol. The van der Waals surface area contributed by atoms with E-state index in [0.29, 0.717) is 22.9 Å². The van der Waals surface area contributed by atoms with Crippen molar-refractivity contribution in [2.45, 2.75) is 0 Å². The van der Waals surface area contributed by atoms with E-state index in [1.54, 1.807) is 41.0 Å². The average Bonchev–Trinajstić information content (AvgIpc) is 3.27. The molecule has 0 fully saturated rings. The molecule has 3 heterocycles. The molecule has 25 heavy (non-hydrogen) atoms. The summed E-state index contributed by atoms with van der Waals surface area (Å²) in [6.45, 7) is 0. The van der Waals surface area contributed by atoms with Gasteiger partial charge in [-0.1, -0.05) is 18.2 Å². The summed E-state index contributed by atoms with van der Waals surface area (Å²) >= 11 is 0. The van der Waals surface area contributed by atoms with Gasteiger partial charge in [-0.25, -0.2) is 9.78 Å². The molecule has 0 aliphatic heterocycles. The van der Waals surface area contributed by atoms with Crippen LogP contribution in [0.3, 0.4) is 0 Å². The lowest BCUT2D eigenvalue weighted by Crippen LogP contribution is -1.95. The van der Waals surface area contributed by atoms with Crippen molar-refractivity contribution < 1.29 is 14.3 Å². The Morgan fingerprint density at radius 1 is 1.04 bits per heavy atom. The molecule has 0 aliphatic rings. The Bertz CT molecular complexity index is 1080. The number of azo groups is 1. The first-order chi connectivity index (χ1) is 12.2. The number of carboxylic acids is 1. The van der Waals surface area contributed by atoms with Crippen LogP contribution in [0.25, 0.3) is 17.1 Å². The van der Waals surface area contributed by atoms with Crippen LogP contribution in [-0.2, 0) is 0 Å². The lowest BCUT2D eigenvalue weighted by atomic mass is 10.2. The Morgan fingerprint density at radius 3 is 2.68 bits per heavy atom. The fourth-order valence-electron chi connectivity index (χ4n) is 2.50. The van der Waals surface area contributed by atoms with E-state index in [1.807, 2.05) is 24.4 Å². The number of nitrogens with zero attached hydrogens (tertiary/aromatic N) is 4. The van der Waals surface area contributed by atoms with Gasteiger partial charge in [-0.2, -0.15) is 0 Å². The van der Waals surface area contributed by atoms with E-state index in [1.165, 1.54) is 6.07 Å². The third-order valence-corrected chi connectivity index (χ3v) is 3.65. The molecular formula is C18H12N4O3. The normalized spacial score (nSPS) is 11.4. The van der Waals surface area contributed by atoms with Crippen molar-refractivity contribution in [3.63, 3.8) is 0 Å². The van der Waals surface area contributed by atoms with Crippen LogP contribution in [0.1, 0.15) is 10.4 Å². The van der Waals surface area contributed by atoms with Crippen LogP contribution in [0.2, 0.25) is 0 Å². The van der Waals surface area contributed by atoms with Crippen molar-refractivity contribution >= 4 is 23.1 Å². The standard InChI is InChI=1S/C18H12N4O3/c23-18(24)12-6-1-2-7-13(12)20-21-17-16(14-8-5-11-25-14)19-15-9-3-4-10-22(15)17/h1-11H,(H,23,24). The Labute approximate surface area is 141 Å². The summed E-state index contributed by atoms with van der Waals surface area (Å²) in [6.07, 6.45) is 3.37. The zero-order chi connectivity index (χ0) is 17.2. The van der Waals surface area contributed by atoms with E-state index < -0.39 is 5.97 Å². The van der Waals surface area contributed by atoms with Crippen LogP contribution in [0, 0.1) is 0 Å². The molecule has 0 bridgehead atoms. The van der Waals surface area contributed by atoms with Crippen LogP contribution >= 0.6 is 0 Å². The highest BCUT2D eigenvalue weighted by molar-refractivity contribution is 5.93. The predicted octanol–water partition coefficient (Wildman–Crippen LogP) is 4.71. The number of fused-ring (bicyclic) bond motifs is 1. The van der Waals surface area contributed by atoms with E-state index in [0.717, 1.165) is 0 Å². The number of aromatic nitrogens is 2.